The van der Waals surface area contributed by atoms with Gasteiger partial charge in [0.2, 0.25) is 10.0 Å². The van der Waals surface area contributed by atoms with E-state index in [0.29, 0.717) is 10.2 Å². The summed E-state index contributed by atoms with van der Waals surface area (Å²) in [6.45, 7) is 1.82. The molecule has 1 heterocycles. The Labute approximate surface area is 126 Å². The fourth-order valence-corrected chi connectivity index (χ4v) is 3.79. The molecule has 9 heteroatoms. The summed E-state index contributed by atoms with van der Waals surface area (Å²) in [5.41, 5.74) is -1.48. The summed E-state index contributed by atoms with van der Waals surface area (Å²) < 4.78 is 29.0. The minimum atomic E-state index is -3.73. The first-order valence-corrected chi connectivity index (χ1v) is 8.18. The van der Waals surface area contributed by atoms with Crippen molar-refractivity contribution in [3.05, 3.63) is 39.0 Å². The second-order valence-electron chi connectivity index (χ2n) is 5.86. The van der Waals surface area contributed by atoms with Crippen molar-refractivity contribution in [3.63, 3.8) is 0 Å². The van der Waals surface area contributed by atoms with Crippen LogP contribution < -0.4 is 21.8 Å². The molecule has 1 aliphatic rings. The lowest BCUT2D eigenvalue weighted by molar-refractivity contribution is 0.558. The van der Waals surface area contributed by atoms with Crippen LogP contribution in [0.4, 0.5) is 0 Å². The zero-order valence-corrected chi connectivity index (χ0v) is 13.0. The summed E-state index contributed by atoms with van der Waals surface area (Å²) in [5.74, 6) is 5.43. The van der Waals surface area contributed by atoms with Gasteiger partial charge >= 0.3 is 5.69 Å². The van der Waals surface area contributed by atoms with Gasteiger partial charge in [0.15, 0.2) is 0 Å². The summed E-state index contributed by atoms with van der Waals surface area (Å²) in [4.78, 5) is 23.8. The van der Waals surface area contributed by atoms with Crippen LogP contribution in [0.2, 0.25) is 0 Å². The molecule has 0 bridgehead atoms. The van der Waals surface area contributed by atoms with Crippen LogP contribution in [-0.2, 0) is 17.1 Å². The summed E-state index contributed by atoms with van der Waals surface area (Å²) in [6.07, 6.45) is 1.56. The zero-order chi connectivity index (χ0) is 16.3. The average molecular weight is 324 g/mol. The van der Waals surface area contributed by atoms with Crippen molar-refractivity contribution >= 4 is 20.9 Å². The molecule has 0 amide bonds. The third kappa shape index (κ3) is 2.22. The Hall–Kier alpha value is -2.13. The van der Waals surface area contributed by atoms with Crippen LogP contribution in [0.15, 0.2) is 32.7 Å². The number of hydrogen-bond donors (Lipinski definition) is 2. The lowest BCUT2D eigenvalue weighted by Gasteiger charge is -2.13. The second-order valence-corrected chi connectivity index (χ2v) is 7.54. The summed E-state index contributed by atoms with van der Waals surface area (Å²) in [6, 6.07) is 4.05. The molecule has 0 unspecified atom stereocenters. The molecule has 118 valence electrons. The lowest BCUT2D eigenvalue weighted by atomic mass is 10.2. The van der Waals surface area contributed by atoms with E-state index >= 15 is 0 Å². The normalized spacial score (nSPS) is 16.8. The Kier molecular flexibility index (Phi) is 2.98. The molecule has 2 aromatic rings. The van der Waals surface area contributed by atoms with Gasteiger partial charge in [0, 0.05) is 12.6 Å². The third-order valence-corrected chi connectivity index (χ3v) is 5.60. The van der Waals surface area contributed by atoms with Gasteiger partial charge in [-0.3, -0.25) is 9.36 Å². The van der Waals surface area contributed by atoms with Gasteiger partial charge in [0.05, 0.1) is 15.8 Å². The summed E-state index contributed by atoms with van der Waals surface area (Å²) >= 11 is 0. The van der Waals surface area contributed by atoms with Gasteiger partial charge in [-0.05, 0) is 38.0 Å². The van der Waals surface area contributed by atoms with E-state index in [9.17, 15) is 18.0 Å². The van der Waals surface area contributed by atoms with E-state index in [-0.39, 0.29) is 10.3 Å². The quantitative estimate of drug-likeness (QED) is 0.720. The van der Waals surface area contributed by atoms with Gasteiger partial charge in [0.25, 0.3) is 5.56 Å². The van der Waals surface area contributed by atoms with E-state index in [2.05, 4.69) is 4.72 Å². The Morgan fingerprint density at radius 2 is 1.91 bits per heavy atom. The van der Waals surface area contributed by atoms with Crippen LogP contribution in [0, 0.1) is 0 Å². The molecule has 0 radical (unpaired) electrons. The molecule has 8 nitrogen and oxygen atoms in total. The minimum Gasteiger partial charge on any atom is -0.332 e. The van der Waals surface area contributed by atoms with Crippen molar-refractivity contribution < 1.29 is 8.42 Å². The van der Waals surface area contributed by atoms with Crippen molar-refractivity contribution in [1.82, 2.24) is 14.0 Å². The van der Waals surface area contributed by atoms with E-state index in [0.717, 1.165) is 12.8 Å². The molecule has 0 atom stereocenters. The second kappa shape index (κ2) is 4.43. The van der Waals surface area contributed by atoms with Gasteiger partial charge in [-0.25, -0.2) is 17.9 Å². The number of nitrogens with one attached hydrogen (secondary N) is 1. The third-order valence-electron chi connectivity index (χ3n) is 3.96. The molecule has 22 heavy (non-hydrogen) atoms. The fraction of sp³-hybridized carbons (Fsp3) is 0.385. The summed E-state index contributed by atoms with van der Waals surface area (Å²) in [5, 5.41) is 0.0772. The van der Waals surface area contributed by atoms with E-state index in [4.69, 9.17) is 5.84 Å². The van der Waals surface area contributed by atoms with Gasteiger partial charge in [-0.15, -0.1) is 0 Å². The van der Waals surface area contributed by atoms with Crippen LogP contribution in [0.1, 0.15) is 19.8 Å². The van der Waals surface area contributed by atoms with Gasteiger partial charge < -0.3 is 5.84 Å². The van der Waals surface area contributed by atoms with Crippen molar-refractivity contribution in [2.45, 2.75) is 30.2 Å². The predicted molar refractivity (Wildman–Crippen MR) is 81.6 cm³/mol. The highest BCUT2D eigenvalue weighted by molar-refractivity contribution is 7.89. The van der Waals surface area contributed by atoms with Crippen molar-refractivity contribution in [2.24, 2.45) is 7.05 Å². The topological polar surface area (TPSA) is 116 Å². The number of nitrogen functional groups attached to an aromatic ring is 1. The van der Waals surface area contributed by atoms with E-state index in [1.807, 2.05) is 6.92 Å². The Balaban J connectivity index is 2.23. The molecule has 0 saturated heterocycles. The molecule has 1 aromatic carbocycles. The van der Waals surface area contributed by atoms with Crippen LogP contribution in [0.3, 0.4) is 0 Å². The number of hydrogen-bond acceptors (Lipinski definition) is 5. The van der Waals surface area contributed by atoms with E-state index < -0.39 is 26.8 Å². The van der Waals surface area contributed by atoms with Crippen LogP contribution >= 0.6 is 0 Å². The van der Waals surface area contributed by atoms with Crippen molar-refractivity contribution in [2.75, 3.05) is 5.84 Å². The molecular formula is C13H16N4O4S. The van der Waals surface area contributed by atoms with Crippen LogP contribution in [0.5, 0.6) is 0 Å². The minimum absolute atomic E-state index is 0.0242. The highest BCUT2D eigenvalue weighted by Gasteiger charge is 2.41. The number of benzene rings is 1. The molecule has 1 fully saturated rings. The number of aromatic nitrogens is 2. The standard InChI is InChI=1S/C13H16N4O4S/c1-13(5-6-13)15-22(20,21)8-3-4-10-9(7-8)11(18)17(14)12(19)16(10)2/h3-4,7,15H,5-6,14H2,1-2H3. The average Bonchev–Trinajstić information content (AvgIpc) is 3.18. The number of nitrogens with zero attached hydrogens (tertiary/aromatic N) is 2. The van der Waals surface area contributed by atoms with Crippen molar-refractivity contribution in [3.8, 4) is 0 Å². The Morgan fingerprint density at radius 3 is 2.50 bits per heavy atom. The lowest BCUT2D eigenvalue weighted by Crippen LogP contribution is -2.44. The zero-order valence-electron chi connectivity index (χ0n) is 12.2. The van der Waals surface area contributed by atoms with Crippen LogP contribution in [-0.4, -0.2) is 23.2 Å². The molecule has 1 aromatic heterocycles. The predicted octanol–water partition coefficient (Wildman–Crippen LogP) is -0.755. The maximum Gasteiger partial charge on any atom is 0.349 e. The summed E-state index contributed by atoms with van der Waals surface area (Å²) in [7, 11) is -2.26. The largest absolute Gasteiger partial charge is 0.349 e. The number of rotatable bonds is 3. The molecule has 1 saturated carbocycles. The maximum absolute atomic E-state index is 12.4. The number of aryl methyl sites for hydroxylation is 1. The highest BCUT2D eigenvalue weighted by Crippen LogP contribution is 2.36. The maximum atomic E-state index is 12.4. The SMILES string of the molecule is Cn1c(=O)n(N)c(=O)c2cc(S(=O)(=O)NC3(C)CC3)ccc21. The molecule has 1 aliphatic carbocycles. The number of fused-ring (bicyclic) bond motifs is 1. The van der Waals surface area contributed by atoms with Crippen molar-refractivity contribution in [1.29, 1.82) is 0 Å². The van der Waals surface area contributed by atoms with Gasteiger partial charge in [-0.2, -0.15) is 4.68 Å². The highest BCUT2D eigenvalue weighted by atomic mass is 32.2. The monoisotopic (exact) mass is 324 g/mol. The Morgan fingerprint density at radius 1 is 1.27 bits per heavy atom. The first-order valence-electron chi connectivity index (χ1n) is 6.69. The fourth-order valence-electron chi connectivity index (χ4n) is 2.30. The molecule has 3 N–H and O–H groups in total. The van der Waals surface area contributed by atoms with Crippen LogP contribution in [0.25, 0.3) is 10.9 Å². The van der Waals surface area contributed by atoms with E-state index in [1.165, 1.54) is 29.8 Å². The molecule has 3 rings (SSSR count). The van der Waals surface area contributed by atoms with Gasteiger partial charge in [0.1, 0.15) is 0 Å². The number of sulfonamides is 1. The first kappa shape index (κ1) is 14.8. The Bertz CT molecular complexity index is 999. The molecule has 0 aliphatic heterocycles. The van der Waals surface area contributed by atoms with Gasteiger partial charge in [-0.1, -0.05) is 0 Å². The molecular weight excluding hydrogens is 308 g/mol. The first-order chi connectivity index (χ1) is 10.1. The molecule has 0 spiro atoms. The smallest absolute Gasteiger partial charge is 0.332 e. The van der Waals surface area contributed by atoms with E-state index in [1.54, 1.807) is 0 Å². The number of nitrogens with two attached hydrogens (primary N) is 1.